The van der Waals surface area contributed by atoms with Gasteiger partial charge in [0, 0.05) is 36.8 Å². The van der Waals surface area contributed by atoms with Crippen LogP contribution >= 0.6 is 11.8 Å². The van der Waals surface area contributed by atoms with E-state index in [4.69, 9.17) is 4.74 Å². The highest BCUT2D eigenvalue weighted by atomic mass is 32.2. The largest absolute Gasteiger partial charge is 0.463 e. The maximum absolute atomic E-state index is 12.8. The van der Waals surface area contributed by atoms with Gasteiger partial charge in [-0.05, 0) is 31.9 Å². The first-order valence-corrected chi connectivity index (χ1v) is 10.5. The molecule has 1 atom stereocenters. The number of benzene rings is 1. The Bertz CT molecular complexity index is 757. The van der Waals surface area contributed by atoms with Crippen LogP contribution in [0.2, 0.25) is 0 Å². The Kier molecular flexibility index (Phi) is 6.44. The molecule has 7 heteroatoms. The van der Waals surface area contributed by atoms with E-state index in [9.17, 15) is 9.59 Å². The Hall–Kier alpha value is -1.99. The summed E-state index contributed by atoms with van der Waals surface area (Å²) in [6, 6.07) is 5.28. The molecule has 0 aliphatic carbocycles. The molecule has 1 fully saturated rings. The van der Waals surface area contributed by atoms with Gasteiger partial charge in [0.05, 0.1) is 18.2 Å². The van der Waals surface area contributed by atoms with Gasteiger partial charge in [0.2, 0.25) is 0 Å². The monoisotopic (exact) mass is 389 g/mol. The Balaban J connectivity index is 2.03. The van der Waals surface area contributed by atoms with Gasteiger partial charge in [0.25, 0.3) is 0 Å². The molecule has 3 rings (SSSR count). The van der Waals surface area contributed by atoms with Gasteiger partial charge in [-0.15, -0.1) is 0 Å². The summed E-state index contributed by atoms with van der Waals surface area (Å²) in [6.45, 7) is 8.53. The number of urea groups is 1. The third kappa shape index (κ3) is 4.65. The Morgan fingerprint density at radius 3 is 2.74 bits per heavy atom. The summed E-state index contributed by atoms with van der Waals surface area (Å²) in [7, 11) is 0. The number of esters is 1. The molecule has 1 aromatic rings. The Labute approximate surface area is 164 Å². The van der Waals surface area contributed by atoms with Gasteiger partial charge in [0.1, 0.15) is 0 Å². The molecule has 27 heavy (non-hydrogen) atoms. The average Bonchev–Trinajstić information content (AvgIpc) is 2.64. The van der Waals surface area contributed by atoms with E-state index in [0.717, 1.165) is 41.3 Å². The number of nitrogens with one attached hydrogen (secondary N) is 2. The van der Waals surface area contributed by atoms with Crippen molar-refractivity contribution in [2.75, 3.05) is 37.7 Å². The molecule has 0 aromatic heterocycles. The van der Waals surface area contributed by atoms with Crippen molar-refractivity contribution in [3.05, 3.63) is 46.2 Å². The van der Waals surface area contributed by atoms with Gasteiger partial charge in [0.15, 0.2) is 0 Å². The van der Waals surface area contributed by atoms with Gasteiger partial charge >= 0.3 is 12.0 Å². The second kappa shape index (κ2) is 8.80. The first-order chi connectivity index (χ1) is 13.0. The van der Waals surface area contributed by atoms with Crippen molar-refractivity contribution in [1.29, 1.82) is 0 Å². The van der Waals surface area contributed by atoms with E-state index < -0.39 is 6.04 Å². The highest BCUT2D eigenvalue weighted by Crippen LogP contribution is 2.31. The van der Waals surface area contributed by atoms with E-state index >= 15 is 0 Å². The summed E-state index contributed by atoms with van der Waals surface area (Å²) in [5.74, 6) is 1.75. The summed E-state index contributed by atoms with van der Waals surface area (Å²) < 4.78 is 5.35. The lowest BCUT2D eigenvalue weighted by Gasteiger charge is -2.33. The van der Waals surface area contributed by atoms with Gasteiger partial charge < -0.3 is 15.4 Å². The SMILES string of the molecule is CCOC(=O)C1=C(CN2CCSCC2)NC(=O)N[C@H]1c1cc(C)ccc1C. The third-order valence-electron chi connectivity index (χ3n) is 4.88. The number of hydrogen-bond donors (Lipinski definition) is 2. The molecule has 2 amide bonds. The number of carbonyl (C=O) groups excluding carboxylic acids is 2. The van der Waals surface area contributed by atoms with E-state index in [-0.39, 0.29) is 12.0 Å². The summed E-state index contributed by atoms with van der Waals surface area (Å²) in [5, 5.41) is 5.79. The van der Waals surface area contributed by atoms with Crippen molar-refractivity contribution in [2.45, 2.75) is 26.8 Å². The number of nitrogens with zero attached hydrogens (tertiary/aromatic N) is 1. The molecule has 2 N–H and O–H groups in total. The molecule has 2 aliphatic heterocycles. The summed E-state index contributed by atoms with van der Waals surface area (Å²) in [5.41, 5.74) is 4.20. The summed E-state index contributed by atoms with van der Waals surface area (Å²) in [6.07, 6.45) is 0. The van der Waals surface area contributed by atoms with Crippen LogP contribution in [-0.2, 0) is 9.53 Å². The van der Waals surface area contributed by atoms with Crippen LogP contribution in [0.3, 0.4) is 0 Å². The van der Waals surface area contributed by atoms with Crippen LogP contribution in [0.4, 0.5) is 4.79 Å². The van der Waals surface area contributed by atoms with Crippen LogP contribution in [0.1, 0.15) is 29.7 Å². The molecule has 2 heterocycles. The lowest BCUT2D eigenvalue weighted by atomic mass is 9.91. The molecule has 2 aliphatic rings. The van der Waals surface area contributed by atoms with Crippen LogP contribution < -0.4 is 10.6 Å². The number of thioether (sulfide) groups is 1. The maximum atomic E-state index is 12.8. The average molecular weight is 390 g/mol. The first-order valence-electron chi connectivity index (χ1n) is 9.34. The number of amides is 2. The van der Waals surface area contributed by atoms with E-state index in [1.54, 1.807) is 6.92 Å². The lowest BCUT2D eigenvalue weighted by Crippen LogP contribution is -2.49. The molecule has 6 nitrogen and oxygen atoms in total. The fourth-order valence-electron chi connectivity index (χ4n) is 3.48. The van der Waals surface area contributed by atoms with Crippen LogP contribution in [0.25, 0.3) is 0 Å². The van der Waals surface area contributed by atoms with Gasteiger partial charge in [-0.2, -0.15) is 11.8 Å². The van der Waals surface area contributed by atoms with E-state index in [2.05, 4.69) is 15.5 Å². The molecule has 0 unspecified atom stereocenters. The Morgan fingerprint density at radius 2 is 2.04 bits per heavy atom. The fraction of sp³-hybridized carbons (Fsp3) is 0.500. The van der Waals surface area contributed by atoms with Crippen LogP contribution in [0, 0.1) is 13.8 Å². The normalized spacial score (nSPS) is 20.9. The van der Waals surface area contributed by atoms with E-state index in [1.807, 2.05) is 43.8 Å². The first kappa shape index (κ1) is 19.8. The van der Waals surface area contributed by atoms with Gasteiger partial charge in [-0.25, -0.2) is 9.59 Å². The highest BCUT2D eigenvalue weighted by molar-refractivity contribution is 7.99. The quantitative estimate of drug-likeness (QED) is 0.758. The topological polar surface area (TPSA) is 70.7 Å². The number of hydrogen-bond acceptors (Lipinski definition) is 5. The van der Waals surface area contributed by atoms with Crippen molar-refractivity contribution in [3.8, 4) is 0 Å². The van der Waals surface area contributed by atoms with Crippen LogP contribution in [0.15, 0.2) is 29.5 Å². The highest BCUT2D eigenvalue weighted by Gasteiger charge is 2.35. The third-order valence-corrected chi connectivity index (χ3v) is 5.82. The zero-order chi connectivity index (χ0) is 19.4. The maximum Gasteiger partial charge on any atom is 0.338 e. The smallest absolute Gasteiger partial charge is 0.338 e. The minimum atomic E-state index is -0.508. The minimum Gasteiger partial charge on any atom is -0.463 e. The van der Waals surface area contributed by atoms with Crippen LogP contribution in [-0.4, -0.2) is 54.6 Å². The fourth-order valence-corrected chi connectivity index (χ4v) is 4.46. The second-order valence-corrected chi connectivity index (χ2v) is 8.12. The molecule has 0 spiro atoms. The summed E-state index contributed by atoms with van der Waals surface area (Å²) in [4.78, 5) is 27.5. The molecule has 0 bridgehead atoms. The van der Waals surface area contributed by atoms with Crippen molar-refractivity contribution in [2.24, 2.45) is 0 Å². The predicted molar refractivity (Wildman–Crippen MR) is 108 cm³/mol. The standard InChI is InChI=1S/C20H27N3O3S/c1-4-26-19(24)17-16(12-23-7-9-27-10-8-23)21-20(25)22-18(17)15-11-13(2)5-6-14(15)3/h5-6,11,18H,4,7-10,12H2,1-3H3,(H2,21,22,25)/t18-/m0/s1. The van der Waals surface area contributed by atoms with E-state index in [0.29, 0.717) is 24.4 Å². The van der Waals surface area contributed by atoms with Crippen molar-refractivity contribution in [1.82, 2.24) is 15.5 Å². The minimum absolute atomic E-state index is 0.282. The summed E-state index contributed by atoms with van der Waals surface area (Å²) >= 11 is 1.93. The van der Waals surface area contributed by atoms with Crippen molar-refractivity contribution < 1.29 is 14.3 Å². The molecule has 0 radical (unpaired) electrons. The second-order valence-electron chi connectivity index (χ2n) is 6.89. The predicted octanol–water partition coefficient (Wildman–Crippen LogP) is 2.52. The van der Waals surface area contributed by atoms with Crippen molar-refractivity contribution >= 4 is 23.8 Å². The van der Waals surface area contributed by atoms with Crippen molar-refractivity contribution in [3.63, 3.8) is 0 Å². The zero-order valence-corrected chi connectivity index (χ0v) is 16.9. The molecular weight excluding hydrogens is 362 g/mol. The number of aryl methyl sites for hydroxylation is 2. The van der Waals surface area contributed by atoms with Gasteiger partial charge in [-0.1, -0.05) is 23.8 Å². The molecule has 1 saturated heterocycles. The lowest BCUT2D eigenvalue weighted by molar-refractivity contribution is -0.139. The molecular formula is C20H27N3O3S. The number of rotatable bonds is 5. The Morgan fingerprint density at radius 1 is 1.30 bits per heavy atom. The van der Waals surface area contributed by atoms with Gasteiger partial charge in [-0.3, -0.25) is 4.90 Å². The molecule has 1 aromatic carbocycles. The number of ether oxygens (including phenoxy) is 1. The van der Waals surface area contributed by atoms with E-state index in [1.165, 1.54) is 0 Å². The molecule has 0 saturated carbocycles. The molecule has 146 valence electrons. The van der Waals surface area contributed by atoms with Crippen LogP contribution in [0.5, 0.6) is 0 Å². The number of carbonyl (C=O) groups is 2. The zero-order valence-electron chi connectivity index (χ0n) is 16.1.